The second kappa shape index (κ2) is 3.35. The highest BCUT2D eigenvalue weighted by Crippen LogP contribution is 2.28. The number of aliphatic hydroxyl groups excluding tert-OH is 1. The first-order chi connectivity index (χ1) is 6.25. The summed E-state index contributed by atoms with van der Waals surface area (Å²) in [6, 6.07) is 8.48. The highest BCUT2D eigenvalue weighted by Gasteiger charge is 2.17. The van der Waals surface area contributed by atoms with E-state index in [1.165, 1.54) is 11.1 Å². The summed E-state index contributed by atoms with van der Waals surface area (Å²) in [6.07, 6.45) is 4.57. The van der Waals surface area contributed by atoms with Crippen LogP contribution in [0.15, 0.2) is 36.4 Å². The number of rotatable bonds is 1. The molecule has 0 aliphatic heterocycles. The van der Waals surface area contributed by atoms with Crippen LogP contribution < -0.4 is 0 Å². The van der Waals surface area contributed by atoms with E-state index in [1.807, 2.05) is 6.08 Å². The van der Waals surface area contributed by atoms with Crippen LogP contribution >= 0.6 is 0 Å². The molecule has 0 radical (unpaired) electrons. The van der Waals surface area contributed by atoms with Gasteiger partial charge in [0.25, 0.3) is 0 Å². The Morgan fingerprint density at radius 3 is 2.77 bits per heavy atom. The van der Waals surface area contributed by atoms with E-state index in [0.717, 1.165) is 6.42 Å². The van der Waals surface area contributed by atoms with Crippen molar-refractivity contribution in [3.05, 3.63) is 47.5 Å². The largest absolute Gasteiger partial charge is 0.389 e. The van der Waals surface area contributed by atoms with Gasteiger partial charge in [-0.2, -0.15) is 0 Å². The summed E-state index contributed by atoms with van der Waals surface area (Å²) >= 11 is 0. The van der Waals surface area contributed by atoms with Crippen LogP contribution in [0.25, 0.3) is 0 Å². The maximum atomic E-state index is 9.34. The summed E-state index contributed by atoms with van der Waals surface area (Å²) in [5.41, 5.74) is 2.60. The Bertz CT molecular complexity index is 328. The van der Waals surface area contributed by atoms with Gasteiger partial charge in [-0.3, -0.25) is 0 Å². The molecule has 1 heteroatoms. The van der Waals surface area contributed by atoms with Crippen molar-refractivity contribution in [2.24, 2.45) is 0 Å². The van der Waals surface area contributed by atoms with Gasteiger partial charge in [0.05, 0.1) is 6.10 Å². The van der Waals surface area contributed by atoms with Crippen molar-refractivity contribution in [2.75, 3.05) is 0 Å². The minimum Gasteiger partial charge on any atom is -0.389 e. The summed E-state index contributed by atoms with van der Waals surface area (Å²) in [6.45, 7) is 2.10. The summed E-state index contributed by atoms with van der Waals surface area (Å²) < 4.78 is 0. The third kappa shape index (κ3) is 1.81. The first kappa shape index (κ1) is 8.52. The van der Waals surface area contributed by atoms with Gasteiger partial charge < -0.3 is 5.11 Å². The van der Waals surface area contributed by atoms with Crippen LogP contribution in [-0.4, -0.2) is 11.2 Å². The molecule has 1 aliphatic carbocycles. The van der Waals surface area contributed by atoms with Crippen molar-refractivity contribution < 1.29 is 5.11 Å². The molecule has 0 saturated heterocycles. The van der Waals surface area contributed by atoms with Gasteiger partial charge in [-0.15, -0.1) is 0 Å². The van der Waals surface area contributed by atoms with Gasteiger partial charge in [-0.1, -0.05) is 42.0 Å². The van der Waals surface area contributed by atoms with Gasteiger partial charge in [-0.25, -0.2) is 0 Å². The summed E-state index contributed by atoms with van der Waals surface area (Å²) in [5.74, 6) is 0.412. The molecule has 1 N–H and O–H groups in total. The third-order valence-electron chi connectivity index (χ3n) is 2.53. The standard InChI is InChI=1S/C12H14O/c1-9-3-2-4-10(7-9)11-5-6-12(13)8-11/h2-7,11-13H,8H2,1H3. The molecule has 0 bridgehead atoms. The van der Waals surface area contributed by atoms with Gasteiger partial charge in [0.2, 0.25) is 0 Å². The number of aliphatic hydroxyl groups is 1. The fourth-order valence-corrected chi connectivity index (χ4v) is 1.83. The lowest BCUT2D eigenvalue weighted by atomic mass is 9.97. The lowest BCUT2D eigenvalue weighted by molar-refractivity contribution is 0.218. The molecule has 2 unspecified atom stereocenters. The fourth-order valence-electron chi connectivity index (χ4n) is 1.83. The van der Waals surface area contributed by atoms with Crippen molar-refractivity contribution in [2.45, 2.75) is 25.4 Å². The van der Waals surface area contributed by atoms with Gasteiger partial charge in [-0.05, 0) is 18.9 Å². The predicted octanol–water partition coefficient (Wildman–Crippen LogP) is 2.40. The van der Waals surface area contributed by atoms with Crippen molar-refractivity contribution in [1.29, 1.82) is 0 Å². The maximum Gasteiger partial charge on any atom is 0.0729 e. The molecular weight excluding hydrogens is 160 g/mol. The molecule has 1 aliphatic rings. The molecule has 2 rings (SSSR count). The average Bonchev–Trinajstić information content (AvgIpc) is 2.52. The van der Waals surface area contributed by atoms with E-state index in [0.29, 0.717) is 5.92 Å². The zero-order valence-electron chi connectivity index (χ0n) is 7.77. The molecule has 13 heavy (non-hydrogen) atoms. The molecule has 1 aromatic rings. The number of hydrogen-bond acceptors (Lipinski definition) is 1. The Balaban J connectivity index is 2.22. The van der Waals surface area contributed by atoms with Gasteiger partial charge in [0.1, 0.15) is 0 Å². The second-order valence-corrected chi connectivity index (χ2v) is 3.71. The minimum atomic E-state index is -0.245. The monoisotopic (exact) mass is 174 g/mol. The van der Waals surface area contributed by atoms with E-state index in [4.69, 9.17) is 0 Å². The van der Waals surface area contributed by atoms with Crippen LogP contribution in [0.1, 0.15) is 23.5 Å². The Morgan fingerprint density at radius 2 is 2.15 bits per heavy atom. The van der Waals surface area contributed by atoms with E-state index < -0.39 is 0 Å². The first-order valence-corrected chi connectivity index (χ1v) is 4.68. The van der Waals surface area contributed by atoms with Crippen molar-refractivity contribution in [3.8, 4) is 0 Å². The fraction of sp³-hybridized carbons (Fsp3) is 0.333. The van der Waals surface area contributed by atoms with E-state index in [9.17, 15) is 5.11 Å². The quantitative estimate of drug-likeness (QED) is 0.648. The zero-order chi connectivity index (χ0) is 9.26. The van der Waals surface area contributed by atoms with Crippen LogP contribution in [0.4, 0.5) is 0 Å². The number of allylic oxidation sites excluding steroid dienone is 1. The van der Waals surface area contributed by atoms with Crippen LogP contribution in [0, 0.1) is 6.92 Å². The van der Waals surface area contributed by atoms with E-state index in [1.54, 1.807) is 0 Å². The molecule has 0 spiro atoms. The highest BCUT2D eigenvalue weighted by molar-refractivity contribution is 5.30. The second-order valence-electron chi connectivity index (χ2n) is 3.71. The van der Waals surface area contributed by atoms with E-state index >= 15 is 0 Å². The van der Waals surface area contributed by atoms with E-state index in [2.05, 4.69) is 37.3 Å². The van der Waals surface area contributed by atoms with Gasteiger partial charge in [0.15, 0.2) is 0 Å². The highest BCUT2D eigenvalue weighted by atomic mass is 16.3. The lowest BCUT2D eigenvalue weighted by Gasteiger charge is -2.09. The number of benzene rings is 1. The topological polar surface area (TPSA) is 20.2 Å². The first-order valence-electron chi connectivity index (χ1n) is 4.68. The molecule has 0 amide bonds. The van der Waals surface area contributed by atoms with Crippen LogP contribution in [0.2, 0.25) is 0 Å². The SMILES string of the molecule is Cc1cccc(C2C=CC(O)C2)c1. The predicted molar refractivity (Wildman–Crippen MR) is 53.7 cm³/mol. The zero-order valence-corrected chi connectivity index (χ0v) is 7.77. The maximum absolute atomic E-state index is 9.34. The average molecular weight is 174 g/mol. The summed E-state index contributed by atoms with van der Waals surface area (Å²) in [4.78, 5) is 0. The molecule has 2 atom stereocenters. The van der Waals surface area contributed by atoms with Crippen molar-refractivity contribution >= 4 is 0 Å². The van der Waals surface area contributed by atoms with E-state index in [-0.39, 0.29) is 6.10 Å². The van der Waals surface area contributed by atoms with Crippen molar-refractivity contribution in [3.63, 3.8) is 0 Å². The Hall–Kier alpha value is -1.08. The van der Waals surface area contributed by atoms with Gasteiger partial charge in [0, 0.05) is 5.92 Å². The molecular formula is C12H14O. The summed E-state index contributed by atoms with van der Waals surface area (Å²) in [7, 11) is 0. The molecule has 1 nitrogen and oxygen atoms in total. The number of hydrogen-bond donors (Lipinski definition) is 1. The Kier molecular flexibility index (Phi) is 2.19. The number of aryl methyl sites for hydroxylation is 1. The normalized spacial score (nSPS) is 26.6. The molecule has 0 saturated carbocycles. The molecule has 68 valence electrons. The minimum absolute atomic E-state index is 0.245. The van der Waals surface area contributed by atoms with Gasteiger partial charge >= 0.3 is 0 Å². The summed E-state index contributed by atoms with van der Waals surface area (Å²) in [5, 5.41) is 9.34. The van der Waals surface area contributed by atoms with Crippen LogP contribution in [-0.2, 0) is 0 Å². The Morgan fingerprint density at radius 1 is 1.31 bits per heavy atom. The molecule has 0 aromatic heterocycles. The molecule has 1 aromatic carbocycles. The third-order valence-corrected chi connectivity index (χ3v) is 2.53. The molecule has 0 fully saturated rings. The lowest BCUT2D eigenvalue weighted by Crippen LogP contribution is -2.00. The smallest absolute Gasteiger partial charge is 0.0729 e. The van der Waals surface area contributed by atoms with Crippen LogP contribution in [0.3, 0.4) is 0 Å². The Labute approximate surface area is 78.7 Å². The van der Waals surface area contributed by atoms with Crippen LogP contribution in [0.5, 0.6) is 0 Å². The van der Waals surface area contributed by atoms with Crippen molar-refractivity contribution in [1.82, 2.24) is 0 Å². The molecule has 0 heterocycles.